The molecule has 1 aliphatic heterocycles. The Kier molecular flexibility index (Phi) is 5.20. The molecule has 34 heavy (non-hydrogen) atoms. The van der Waals surface area contributed by atoms with Crippen molar-refractivity contribution in [1.82, 2.24) is 14.5 Å². The molecule has 0 unspecified atom stereocenters. The van der Waals surface area contributed by atoms with Crippen molar-refractivity contribution < 1.29 is 23.1 Å². The zero-order chi connectivity index (χ0) is 24.2. The van der Waals surface area contributed by atoms with Gasteiger partial charge in [0.15, 0.2) is 5.43 Å². The van der Waals surface area contributed by atoms with Gasteiger partial charge in [0.1, 0.15) is 5.56 Å². The SMILES string of the molecule is Cc1cc(=O)c(C(=O)O)c2n1-c1cc(C(F)(F)F)ccc1S[C@H](c1ccc3nccnc3c1)C2. The van der Waals surface area contributed by atoms with Crippen molar-refractivity contribution in [2.75, 3.05) is 0 Å². The predicted molar refractivity (Wildman–Crippen MR) is 121 cm³/mol. The number of carboxylic acid groups (broad SMARTS) is 1. The molecule has 6 nitrogen and oxygen atoms in total. The summed E-state index contributed by atoms with van der Waals surface area (Å²) >= 11 is 1.32. The van der Waals surface area contributed by atoms with E-state index in [0.717, 1.165) is 23.8 Å². The van der Waals surface area contributed by atoms with Gasteiger partial charge in [0.2, 0.25) is 0 Å². The normalized spacial score (nSPS) is 15.5. The molecule has 2 aromatic heterocycles. The Balaban J connectivity index is 1.79. The van der Waals surface area contributed by atoms with Gasteiger partial charge in [-0.15, -0.1) is 11.8 Å². The zero-order valence-corrected chi connectivity index (χ0v) is 18.4. The van der Waals surface area contributed by atoms with E-state index in [2.05, 4.69) is 9.97 Å². The summed E-state index contributed by atoms with van der Waals surface area (Å²) in [5.74, 6) is -1.42. The molecule has 10 heteroatoms. The molecular formula is C24H16F3N3O3S. The van der Waals surface area contributed by atoms with Crippen LogP contribution in [0.3, 0.4) is 0 Å². The quantitative estimate of drug-likeness (QED) is 0.422. The van der Waals surface area contributed by atoms with Crippen molar-refractivity contribution in [3.05, 3.63) is 93.2 Å². The molecular weight excluding hydrogens is 467 g/mol. The third kappa shape index (κ3) is 3.73. The lowest BCUT2D eigenvalue weighted by Crippen LogP contribution is -2.24. The van der Waals surface area contributed by atoms with Gasteiger partial charge in [-0.05, 0) is 42.8 Å². The highest BCUT2D eigenvalue weighted by Crippen LogP contribution is 2.46. The summed E-state index contributed by atoms with van der Waals surface area (Å²) in [6.45, 7) is 1.58. The van der Waals surface area contributed by atoms with Crippen molar-refractivity contribution in [3.8, 4) is 5.69 Å². The van der Waals surface area contributed by atoms with Crippen LogP contribution in [0.2, 0.25) is 0 Å². The van der Waals surface area contributed by atoms with E-state index in [-0.39, 0.29) is 23.1 Å². The number of benzene rings is 2. The van der Waals surface area contributed by atoms with E-state index in [1.165, 1.54) is 22.4 Å². The number of alkyl halides is 3. The first kappa shape index (κ1) is 22.1. The van der Waals surface area contributed by atoms with Gasteiger partial charge >= 0.3 is 12.1 Å². The van der Waals surface area contributed by atoms with E-state index in [4.69, 9.17) is 0 Å². The first-order valence-corrected chi connectivity index (χ1v) is 11.1. The average molecular weight is 483 g/mol. The number of thioether (sulfide) groups is 1. The zero-order valence-electron chi connectivity index (χ0n) is 17.6. The minimum absolute atomic E-state index is 0.116. The maximum Gasteiger partial charge on any atom is 0.416 e. The summed E-state index contributed by atoms with van der Waals surface area (Å²) in [5.41, 5.74) is 0.842. The topological polar surface area (TPSA) is 85.1 Å². The van der Waals surface area contributed by atoms with Crippen LogP contribution < -0.4 is 5.43 Å². The number of carboxylic acids is 1. The van der Waals surface area contributed by atoms with E-state index in [9.17, 15) is 27.9 Å². The van der Waals surface area contributed by atoms with Crippen molar-refractivity contribution in [1.29, 1.82) is 0 Å². The largest absolute Gasteiger partial charge is 0.477 e. The summed E-state index contributed by atoms with van der Waals surface area (Å²) in [6.07, 6.45) is -1.33. The van der Waals surface area contributed by atoms with Crippen LogP contribution in [0.4, 0.5) is 13.2 Å². The number of fused-ring (bicyclic) bond motifs is 4. The smallest absolute Gasteiger partial charge is 0.416 e. The van der Waals surface area contributed by atoms with Crippen molar-refractivity contribution in [2.24, 2.45) is 0 Å². The van der Waals surface area contributed by atoms with Crippen LogP contribution in [0, 0.1) is 6.92 Å². The molecule has 1 atom stereocenters. The molecule has 5 rings (SSSR count). The van der Waals surface area contributed by atoms with Crippen LogP contribution in [-0.2, 0) is 12.6 Å². The van der Waals surface area contributed by atoms with E-state index < -0.39 is 28.7 Å². The Bertz CT molecular complexity index is 1530. The number of aryl methyl sites for hydroxylation is 1. The van der Waals surface area contributed by atoms with E-state index in [0.29, 0.717) is 21.6 Å². The first-order chi connectivity index (χ1) is 16.1. The second-order valence-electron chi connectivity index (χ2n) is 7.91. The Morgan fingerprint density at radius 1 is 1.09 bits per heavy atom. The summed E-state index contributed by atoms with van der Waals surface area (Å²) in [4.78, 5) is 33.8. The predicted octanol–water partition coefficient (Wildman–Crippen LogP) is 5.20. The molecule has 0 radical (unpaired) electrons. The summed E-state index contributed by atoms with van der Waals surface area (Å²) in [7, 11) is 0. The molecule has 0 bridgehead atoms. The fraction of sp³-hybridized carbons (Fsp3) is 0.167. The number of hydrogen-bond acceptors (Lipinski definition) is 5. The van der Waals surface area contributed by atoms with Crippen LogP contribution in [0.5, 0.6) is 0 Å². The van der Waals surface area contributed by atoms with Gasteiger partial charge in [-0.1, -0.05) is 6.07 Å². The van der Waals surface area contributed by atoms with Gasteiger partial charge in [-0.3, -0.25) is 14.8 Å². The van der Waals surface area contributed by atoms with E-state index in [1.807, 2.05) is 12.1 Å². The first-order valence-electron chi connectivity index (χ1n) is 10.2. The van der Waals surface area contributed by atoms with E-state index in [1.54, 1.807) is 25.4 Å². The Labute approximate surface area is 195 Å². The third-order valence-corrected chi connectivity index (χ3v) is 7.07. The van der Waals surface area contributed by atoms with Gasteiger partial charge < -0.3 is 9.67 Å². The van der Waals surface area contributed by atoms with E-state index >= 15 is 0 Å². The lowest BCUT2D eigenvalue weighted by atomic mass is 10.0. The number of pyridine rings is 1. The minimum atomic E-state index is -4.58. The molecule has 1 N–H and O–H groups in total. The van der Waals surface area contributed by atoms with Crippen LogP contribution in [0.15, 0.2) is 64.5 Å². The number of rotatable bonds is 2. The molecule has 2 aromatic carbocycles. The van der Waals surface area contributed by atoms with Gasteiger partial charge in [0.05, 0.1) is 22.3 Å². The number of halogens is 3. The van der Waals surface area contributed by atoms with Gasteiger partial charge in [0.25, 0.3) is 0 Å². The fourth-order valence-electron chi connectivity index (χ4n) is 4.26. The van der Waals surface area contributed by atoms with Gasteiger partial charge in [0, 0.05) is 46.4 Å². The number of nitrogens with zero attached hydrogens (tertiary/aromatic N) is 3. The maximum atomic E-state index is 13.5. The minimum Gasteiger partial charge on any atom is -0.477 e. The average Bonchev–Trinajstić information content (AvgIpc) is 2.94. The highest BCUT2D eigenvalue weighted by molar-refractivity contribution is 7.99. The van der Waals surface area contributed by atoms with Crippen LogP contribution in [0.1, 0.15) is 38.1 Å². The lowest BCUT2D eigenvalue weighted by Gasteiger charge is -2.19. The Morgan fingerprint density at radius 2 is 1.82 bits per heavy atom. The fourth-order valence-corrected chi connectivity index (χ4v) is 5.50. The second-order valence-corrected chi connectivity index (χ2v) is 9.15. The van der Waals surface area contributed by atoms with Crippen molar-refractivity contribution >= 4 is 28.8 Å². The molecule has 0 saturated heterocycles. The van der Waals surface area contributed by atoms with Crippen LogP contribution >= 0.6 is 11.8 Å². The number of aromatic nitrogens is 3. The molecule has 0 amide bonds. The Morgan fingerprint density at radius 3 is 2.53 bits per heavy atom. The van der Waals surface area contributed by atoms with Gasteiger partial charge in [-0.25, -0.2) is 4.79 Å². The van der Waals surface area contributed by atoms with Gasteiger partial charge in [-0.2, -0.15) is 13.2 Å². The third-order valence-electron chi connectivity index (χ3n) is 5.75. The van der Waals surface area contributed by atoms with Crippen molar-refractivity contribution in [3.63, 3.8) is 0 Å². The lowest BCUT2D eigenvalue weighted by molar-refractivity contribution is -0.137. The Hall–Kier alpha value is -3.66. The molecule has 0 spiro atoms. The van der Waals surface area contributed by atoms with Crippen LogP contribution in [-0.4, -0.2) is 25.6 Å². The highest BCUT2D eigenvalue weighted by Gasteiger charge is 2.34. The molecule has 0 aliphatic carbocycles. The molecule has 0 fully saturated rings. The maximum absolute atomic E-state index is 13.5. The monoisotopic (exact) mass is 483 g/mol. The summed E-state index contributed by atoms with van der Waals surface area (Å²) in [5, 5.41) is 9.44. The molecule has 1 aliphatic rings. The highest BCUT2D eigenvalue weighted by atomic mass is 32.2. The number of hydrogen-bond donors (Lipinski definition) is 1. The second kappa shape index (κ2) is 7.98. The van der Waals surface area contributed by atoms with Crippen LogP contribution in [0.25, 0.3) is 16.7 Å². The molecule has 172 valence electrons. The number of carbonyl (C=O) groups is 1. The molecule has 3 heterocycles. The molecule has 4 aromatic rings. The molecule has 0 saturated carbocycles. The number of aromatic carboxylic acids is 1. The summed E-state index contributed by atoms with van der Waals surface area (Å²) < 4.78 is 42.0. The standard InChI is InChI=1S/C24H16F3N3O3S/c1-12-8-19(31)22(23(32)33)18-11-21(13-2-4-15-16(9-13)29-7-6-28-15)34-20-5-3-14(24(25,26)27)10-17(20)30(12)18/h2-10,21H,11H2,1H3,(H,32,33)/t21-/m0/s1. The van der Waals surface area contributed by atoms with Crippen molar-refractivity contribution in [2.45, 2.75) is 29.7 Å². The summed E-state index contributed by atoms with van der Waals surface area (Å²) in [6, 6.07) is 10.0.